The van der Waals surface area contributed by atoms with E-state index in [0.29, 0.717) is 17.4 Å². The van der Waals surface area contributed by atoms with E-state index in [-0.39, 0.29) is 17.8 Å². The van der Waals surface area contributed by atoms with Crippen LogP contribution in [-0.2, 0) is 0 Å². The van der Waals surface area contributed by atoms with Crippen molar-refractivity contribution in [2.75, 3.05) is 32.7 Å². The van der Waals surface area contributed by atoms with Gasteiger partial charge in [0.05, 0.1) is 0 Å². The van der Waals surface area contributed by atoms with Gasteiger partial charge < -0.3 is 15.5 Å². The number of rotatable bonds is 5. The van der Waals surface area contributed by atoms with Crippen LogP contribution in [0, 0.1) is 24.6 Å². The maximum Gasteiger partial charge on any atom is 0.254 e. The Labute approximate surface area is 166 Å². The monoisotopic (exact) mass is 381 g/mol. The molecule has 2 aliphatic rings. The number of carbonyl (C=O) groups is 1. The fourth-order valence-electron chi connectivity index (χ4n) is 4.62. The molecule has 2 fully saturated rings. The molecule has 4 rings (SSSR count). The van der Waals surface area contributed by atoms with E-state index in [9.17, 15) is 9.18 Å². The summed E-state index contributed by atoms with van der Waals surface area (Å²) in [4.78, 5) is 17.2. The van der Waals surface area contributed by atoms with Crippen LogP contribution < -0.4 is 5.73 Å². The van der Waals surface area contributed by atoms with Gasteiger partial charge in [-0.1, -0.05) is 36.4 Å². The SMILES string of the molecule is Cc1ccc(F)cc1C(=O)N1CC2CN(CC[C@H](N)c3ccccc3)CC2C1. The van der Waals surface area contributed by atoms with E-state index < -0.39 is 0 Å². The third-order valence-electron chi connectivity index (χ3n) is 6.26. The summed E-state index contributed by atoms with van der Waals surface area (Å²) in [5.41, 5.74) is 8.84. The second-order valence-corrected chi connectivity index (χ2v) is 8.25. The number of nitrogens with two attached hydrogens (primary N) is 1. The first-order valence-electron chi connectivity index (χ1n) is 10.1. The van der Waals surface area contributed by atoms with Gasteiger partial charge in [0.2, 0.25) is 0 Å². The summed E-state index contributed by atoms with van der Waals surface area (Å²) in [7, 11) is 0. The Morgan fingerprint density at radius 1 is 1.11 bits per heavy atom. The minimum absolute atomic E-state index is 0.0379. The Bertz CT molecular complexity index is 827. The summed E-state index contributed by atoms with van der Waals surface area (Å²) in [5, 5.41) is 0. The van der Waals surface area contributed by atoms with Gasteiger partial charge in [-0.2, -0.15) is 0 Å². The van der Waals surface area contributed by atoms with E-state index in [1.54, 1.807) is 6.07 Å². The number of likely N-dealkylation sites (tertiary alicyclic amines) is 2. The fourth-order valence-corrected chi connectivity index (χ4v) is 4.62. The molecule has 2 N–H and O–H groups in total. The lowest BCUT2D eigenvalue weighted by atomic mass is 10.0. The zero-order chi connectivity index (χ0) is 19.7. The van der Waals surface area contributed by atoms with Gasteiger partial charge in [0.15, 0.2) is 0 Å². The van der Waals surface area contributed by atoms with Crippen LogP contribution in [0.4, 0.5) is 4.39 Å². The van der Waals surface area contributed by atoms with Gasteiger partial charge in [-0.3, -0.25) is 4.79 Å². The molecule has 0 aliphatic carbocycles. The molecule has 0 radical (unpaired) electrons. The van der Waals surface area contributed by atoms with Gasteiger partial charge >= 0.3 is 0 Å². The quantitative estimate of drug-likeness (QED) is 0.865. The lowest BCUT2D eigenvalue weighted by Crippen LogP contribution is -2.34. The fraction of sp³-hybridized carbons (Fsp3) is 0.435. The van der Waals surface area contributed by atoms with Gasteiger partial charge in [0.1, 0.15) is 5.82 Å². The molecule has 28 heavy (non-hydrogen) atoms. The molecule has 2 heterocycles. The number of hydrogen-bond donors (Lipinski definition) is 1. The molecular formula is C23H28FN3O. The van der Waals surface area contributed by atoms with Gasteiger partial charge in [-0.05, 0) is 55.0 Å². The summed E-state index contributed by atoms with van der Waals surface area (Å²) in [6.07, 6.45) is 0.939. The molecular weight excluding hydrogens is 353 g/mol. The van der Waals surface area contributed by atoms with Crippen LogP contribution in [0.1, 0.15) is 33.9 Å². The minimum Gasteiger partial charge on any atom is -0.338 e. The van der Waals surface area contributed by atoms with E-state index in [2.05, 4.69) is 17.0 Å². The Morgan fingerprint density at radius 3 is 2.46 bits per heavy atom. The van der Waals surface area contributed by atoms with Crippen molar-refractivity contribution in [3.8, 4) is 0 Å². The molecule has 0 saturated carbocycles. The molecule has 2 aromatic carbocycles. The number of nitrogens with zero attached hydrogens (tertiary/aromatic N) is 2. The Kier molecular flexibility index (Phi) is 5.47. The number of carbonyl (C=O) groups excluding carboxylic acids is 1. The van der Waals surface area contributed by atoms with Crippen LogP contribution in [-0.4, -0.2) is 48.4 Å². The molecule has 3 atom stereocenters. The molecule has 1 amide bonds. The summed E-state index contributed by atoms with van der Waals surface area (Å²) < 4.78 is 13.6. The largest absolute Gasteiger partial charge is 0.338 e. The number of benzene rings is 2. The summed E-state index contributed by atoms with van der Waals surface area (Å²) in [6, 6.07) is 14.8. The number of halogens is 1. The van der Waals surface area contributed by atoms with Crippen molar-refractivity contribution in [1.82, 2.24) is 9.80 Å². The van der Waals surface area contributed by atoms with Crippen molar-refractivity contribution < 1.29 is 9.18 Å². The molecule has 148 valence electrons. The van der Waals surface area contributed by atoms with Crippen LogP contribution in [0.25, 0.3) is 0 Å². The summed E-state index contributed by atoms with van der Waals surface area (Å²) >= 11 is 0. The average Bonchev–Trinajstić information content (AvgIpc) is 3.27. The second-order valence-electron chi connectivity index (χ2n) is 8.25. The first-order valence-corrected chi connectivity index (χ1v) is 10.1. The molecule has 0 aromatic heterocycles. The standard InChI is InChI=1S/C23H28FN3O/c1-16-7-8-20(24)11-21(16)23(28)27-14-18-12-26(13-19(18)15-27)10-9-22(25)17-5-3-2-4-6-17/h2-8,11,18-19,22H,9-10,12-15,25H2,1H3/t18?,19?,22-/m0/s1. The second kappa shape index (κ2) is 8.02. The number of hydrogen-bond acceptors (Lipinski definition) is 3. The van der Waals surface area contributed by atoms with E-state index in [0.717, 1.165) is 44.7 Å². The van der Waals surface area contributed by atoms with E-state index in [4.69, 9.17) is 5.73 Å². The van der Waals surface area contributed by atoms with Crippen LogP contribution in [0.5, 0.6) is 0 Å². The number of aryl methyl sites for hydroxylation is 1. The zero-order valence-electron chi connectivity index (χ0n) is 16.4. The Balaban J connectivity index is 1.30. The molecule has 5 heteroatoms. The number of fused-ring (bicyclic) bond motifs is 1. The summed E-state index contributed by atoms with van der Waals surface area (Å²) in [6.45, 7) is 6.40. The molecule has 4 nitrogen and oxygen atoms in total. The highest BCUT2D eigenvalue weighted by molar-refractivity contribution is 5.95. The number of amides is 1. The molecule has 2 saturated heterocycles. The third kappa shape index (κ3) is 3.96. The highest BCUT2D eigenvalue weighted by Gasteiger charge is 2.41. The summed E-state index contributed by atoms with van der Waals surface area (Å²) in [5.74, 6) is 0.620. The molecule has 0 spiro atoms. The predicted octanol–water partition coefficient (Wildman–Crippen LogP) is 3.23. The molecule has 2 unspecified atom stereocenters. The van der Waals surface area contributed by atoms with Gasteiger partial charge in [-0.15, -0.1) is 0 Å². The molecule has 2 aromatic rings. The smallest absolute Gasteiger partial charge is 0.254 e. The Hall–Kier alpha value is -2.24. The molecule has 2 aliphatic heterocycles. The average molecular weight is 381 g/mol. The first-order chi connectivity index (χ1) is 13.5. The van der Waals surface area contributed by atoms with E-state index >= 15 is 0 Å². The van der Waals surface area contributed by atoms with E-state index in [1.165, 1.54) is 17.7 Å². The zero-order valence-corrected chi connectivity index (χ0v) is 16.4. The normalized spacial score (nSPS) is 23.0. The highest BCUT2D eigenvalue weighted by atomic mass is 19.1. The van der Waals surface area contributed by atoms with Crippen LogP contribution >= 0.6 is 0 Å². The highest BCUT2D eigenvalue weighted by Crippen LogP contribution is 2.32. The van der Waals surface area contributed by atoms with Gasteiger partial charge in [0, 0.05) is 37.8 Å². The van der Waals surface area contributed by atoms with E-state index in [1.807, 2.05) is 30.0 Å². The van der Waals surface area contributed by atoms with Crippen LogP contribution in [0.3, 0.4) is 0 Å². The van der Waals surface area contributed by atoms with Crippen LogP contribution in [0.15, 0.2) is 48.5 Å². The van der Waals surface area contributed by atoms with Crippen molar-refractivity contribution in [1.29, 1.82) is 0 Å². The van der Waals surface area contributed by atoms with Crippen LogP contribution in [0.2, 0.25) is 0 Å². The maximum atomic E-state index is 13.6. The predicted molar refractivity (Wildman–Crippen MR) is 108 cm³/mol. The first kappa shape index (κ1) is 19.1. The van der Waals surface area contributed by atoms with Crippen molar-refractivity contribution in [2.45, 2.75) is 19.4 Å². The Morgan fingerprint density at radius 2 is 1.79 bits per heavy atom. The lowest BCUT2D eigenvalue weighted by molar-refractivity contribution is 0.0772. The van der Waals surface area contributed by atoms with Crippen molar-refractivity contribution in [3.05, 3.63) is 71.0 Å². The van der Waals surface area contributed by atoms with Gasteiger partial charge in [-0.25, -0.2) is 4.39 Å². The maximum absolute atomic E-state index is 13.6. The lowest BCUT2D eigenvalue weighted by Gasteiger charge is -2.23. The third-order valence-corrected chi connectivity index (χ3v) is 6.26. The molecule has 0 bridgehead atoms. The van der Waals surface area contributed by atoms with Crippen molar-refractivity contribution in [2.24, 2.45) is 17.6 Å². The van der Waals surface area contributed by atoms with Crippen molar-refractivity contribution >= 4 is 5.91 Å². The minimum atomic E-state index is -0.353. The topological polar surface area (TPSA) is 49.6 Å². The van der Waals surface area contributed by atoms with Crippen molar-refractivity contribution in [3.63, 3.8) is 0 Å². The van der Waals surface area contributed by atoms with Gasteiger partial charge in [0.25, 0.3) is 5.91 Å².